The summed E-state index contributed by atoms with van der Waals surface area (Å²) in [7, 11) is -3.86. The summed E-state index contributed by atoms with van der Waals surface area (Å²) in [6.45, 7) is 6.20. The third-order valence-electron chi connectivity index (χ3n) is 4.10. The lowest BCUT2D eigenvalue weighted by Gasteiger charge is -2.19. The number of nitrogens with zero attached hydrogens (tertiary/aromatic N) is 1. The first-order valence-corrected chi connectivity index (χ1v) is 9.40. The van der Waals surface area contributed by atoms with E-state index in [4.69, 9.17) is 0 Å². The minimum Gasteiger partial charge on any atom is -0.289 e. The third kappa shape index (κ3) is 3.46. The summed E-state index contributed by atoms with van der Waals surface area (Å²) in [6, 6.07) is 13.6. The number of sulfonamides is 1. The summed E-state index contributed by atoms with van der Waals surface area (Å²) < 4.78 is 29.2. The highest BCUT2D eigenvalue weighted by atomic mass is 32.2. The fraction of sp³-hybridized carbons (Fsp3) is 0.200. The van der Waals surface area contributed by atoms with Crippen molar-refractivity contribution in [2.45, 2.75) is 31.1 Å². The van der Waals surface area contributed by atoms with Gasteiger partial charge in [0.1, 0.15) is 0 Å². The van der Waals surface area contributed by atoms with Gasteiger partial charge in [-0.05, 0) is 35.3 Å². The standard InChI is InChI=1S/C20H19NO3S/c1-20(2,3)14-8-10-15(11-9-14)25(23,24)21-18-12-13-19(22)17-7-5-4-6-16(17)18/h4-13H,1-3H3. The molecular formula is C20H19NO3S. The van der Waals surface area contributed by atoms with E-state index in [-0.39, 0.29) is 21.8 Å². The van der Waals surface area contributed by atoms with Crippen molar-refractivity contribution in [1.29, 1.82) is 0 Å². The second-order valence-corrected chi connectivity index (χ2v) is 8.57. The van der Waals surface area contributed by atoms with Crippen LogP contribution in [-0.4, -0.2) is 19.9 Å². The Balaban J connectivity index is 2.03. The highest BCUT2D eigenvalue weighted by Crippen LogP contribution is 2.25. The Labute approximate surface area is 148 Å². The van der Waals surface area contributed by atoms with Gasteiger partial charge in [0.05, 0.1) is 10.6 Å². The number of benzene rings is 2. The summed E-state index contributed by atoms with van der Waals surface area (Å²) in [5.41, 5.74) is 2.26. The van der Waals surface area contributed by atoms with E-state index >= 15 is 0 Å². The normalized spacial score (nSPS) is 16.1. The van der Waals surface area contributed by atoms with Gasteiger partial charge in [-0.2, -0.15) is 12.8 Å². The first kappa shape index (κ1) is 17.3. The number of rotatable bonds is 2. The molecule has 1 aliphatic carbocycles. The molecule has 0 radical (unpaired) electrons. The van der Waals surface area contributed by atoms with Gasteiger partial charge in [-0.15, -0.1) is 0 Å². The van der Waals surface area contributed by atoms with Crippen LogP contribution in [-0.2, 0) is 15.4 Å². The van der Waals surface area contributed by atoms with Gasteiger partial charge >= 0.3 is 0 Å². The molecule has 25 heavy (non-hydrogen) atoms. The SMILES string of the molecule is CC(C)(C)c1ccc(S(=O)(=O)N=C2C=CC(=O)c3ccccc32)cc1. The van der Waals surface area contributed by atoms with Gasteiger partial charge in [-0.1, -0.05) is 57.2 Å². The average molecular weight is 353 g/mol. The molecule has 0 fully saturated rings. The van der Waals surface area contributed by atoms with E-state index in [1.165, 1.54) is 12.2 Å². The Bertz CT molecular complexity index is 992. The maximum atomic E-state index is 12.6. The lowest BCUT2D eigenvalue weighted by molar-refractivity contribution is 0.104. The smallest absolute Gasteiger partial charge is 0.282 e. The maximum absolute atomic E-state index is 12.6. The zero-order chi connectivity index (χ0) is 18.2. The first-order valence-electron chi connectivity index (χ1n) is 7.96. The fourth-order valence-electron chi connectivity index (χ4n) is 2.64. The molecule has 5 heteroatoms. The van der Waals surface area contributed by atoms with Crippen molar-refractivity contribution >= 4 is 21.5 Å². The molecule has 128 valence electrons. The van der Waals surface area contributed by atoms with E-state index in [2.05, 4.69) is 25.2 Å². The molecule has 1 aliphatic rings. The van der Waals surface area contributed by atoms with Crippen LogP contribution in [0, 0.1) is 0 Å². The zero-order valence-electron chi connectivity index (χ0n) is 14.4. The summed E-state index contributed by atoms with van der Waals surface area (Å²) >= 11 is 0. The molecule has 3 rings (SSSR count). The number of allylic oxidation sites excluding steroid dienone is 2. The Kier molecular flexibility index (Phi) is 4.21. The van der Waals surface area contributed by atoms with E-state index < -0.39 is 10.0 Å². The monoisotopic (exact) mass is 353 g/mol. The molecule has 0 amide bonds. The van der Waals surface area contributed by atoms with Gasteiger partial charge in [0.2, 0.25) is 0 Å². The molecule has 0 aromatic heterocycles. The third-order valence-corrected chi connectivity index (χ3v) is 5.40. The molecule has 0 N–H and O–H groups in total. The van der Waals surface area contributed by atoms with Crippen LogP contribution >= 0.6 is 0 Å². The van der Waals surface area contributed by atoms with Crippen LogP contribution in [0.15, 0.2) is 70.0 Å². The molecule has 0 spiro atoms. The number of carbonyl (C=O) groups excluding carboxylic acids is 1. The molecule has 0 bridgehead atoms. The summed E-state index contributed by atoms with van der Waals surface area (Å²) in [6.07, 6.45) is 2.80. The van der Waals surface area contributed by atoms with Crippen LogP contribution in [0.2, 0.25) is 0 Å². The van der Waals surface area contributed by atoms with Gasteiger partial charge in [-0.25, -0.2) is 0 Å². The van der Waals surface area contributed by atoms with Gasteiger partial charge in [0, 0.05) is 11.1 Å². The number of carbonyl (C=O) groups is 1. The van der Waals surface area contributed by atoms with Gasteiger partial charge in [0.25, 0.3) is 10.0 Å². The van der Waals surface area contributed by atoms with Crippen molar-refractivity contribution in [2.24, 2.45) is 4.40 Å². The molecule has 0 unspecified atom stereocenters. The lowest BCUT2D eigenvalue weighted by Crippen LogP contribution is -2.14. The van der Waals surface area contributed by atoms with Crippen LogP contribution < -0.4 is 0 Å². The van der Waals surface area contributed by atoms with E-state index in [9.17, 15) is 13.2 Å². The van der Waals surface area contributed by atoms with Crippen molar-refractivity contribution in [2.75, 3.05) is 0 Å². The van der Waals surface area contributed by atoms with Crippen LogP contribution in [0.3, 0.4) is 0 Å². The van der Waals surface area contributed by atoms with E-state index in [0.29, 0.717) is 11.1 Å². The predicted molar refractivity (Wildman–Crippen MR) is 98.8 cm³/mol. The Morgan fingerprint density at radius 3 is 2.04 bits per heavy atom. The topological polar surface area (TPSA) is 63.6 Å². The quantitative estimate of drug-likeness (QED) is 0.822. The van der Waals surface area contributed by atoms with Gasteiger partial charge < -0.3 is 0 Å². The second-order valence-electron chi connectivity index (χ2n) is 6.97. The number of fused-ring (bicyclic) bond motifs is 1. The highest BCUT2D eigenvalue weighted by molar-refractivity contribution is 7.90. The summed E-state index contributed by atoms with van der Waals surface area (Å²) in [4.78, 5) is 12.0. The van der Waals surface area contributed by atoms with Crippen LogP contribution in [0.25, 0.3) is 0 Å². The van der Waals surface area contributed by atoms with E-state index in [0.717, 1.165) is 5.56 Å². The largest absolute Gasteiger partial charge is 0.289 e. The van der Waals surface area contributed by atoms with Crippen molar-refractivity contribution < 1.29 is 13.2 Å². The molecule has 0 aliphatic heterocycles. The Morgan fingerprint density at radius 1 is 0.840 bits per heavy atom. The number of hydrogen-bond donors (Lipinski definition) is 0. The minimum atomic E-state index is -3.86. The minimum absolute atomic E-state index is 0.0560. The number of ketones is 1. The zero-order valence-corrected chi connectivity index (χ0v) is 15.2. The maximum Gasteiger partial charge on any atom is 0.282 e. The molecule has 0 atom stereocenters. The van der Waals surface area contributed by atoms with Crippen LogP contribution in [0.4, 0.5) is 0 Å². The highest BCUT2D eigenvalue weighted by Gasteiger charge is 2.21. The van der Waals surface area contributed by atoms with Crippen LogP contribution in [0.1, 0.15) is 42.3 Å². The molecule has 2 aromatic carbocycles. The molecule has 4 nitrogen and oxygen atoms in total. The fourth-order valence-corrected chi connectivity index (χ4v) is 3.65. The number of hydrogen-bond acceptors (Lipinski definition) is 3. The molecule has 0 saturated carbocycles. The first-order chi connectivity index (χ1) is 11.7. The van der Waals surface area contributed by atoms with Crippen LogP contribution in [0.5, 0.6) is 0 Å². The van der Waals surface area contributed by atoms with Crippen molar-refractivity contribution in [3.05, 3.63) is 77.4 Å². The van der Waals surface area contributed by atoms with Gasteiger partial charge in [0.15, 0.2) is 5.78 Å². The second kappa shape index (κ2) is 6.08. The predicted octanol–water partition coefficient (Wildman–Crippen LogP) is 3.91. The van der Waals surface area contributed by atoms with Gasteiger partial charge in [-0.3, -0.25) is 4.79 Å². The Morgan fingerprint density at radius 2 is 1.44 bits per heavy atom. The molecule has 0 saturated heterocycles. The molecule has 0 heterocycles. The van der Waals surface area contributed by atoms with Crippen molar-refractivity contribution in [3.63, 3.8) is 0 Å². The molecular weight excluding hydrogens is 334 g/mol. The van der Waals surface area contributed by atoms with Crippen molar-refractivity contribution in [1.82, 2.24) is 0 Å². The molecule has 2 aromatic rings. The van der Waals surface area contributed by atoms with E-state index in [1.807, 2.05) is 0 Å². The average Bonchev–Trinajstić information content (AvgIpc) is 2.57. The lowest BCUT2D eigenvalue weighted by atomic mass is 9.87. The van der Waals surface area contributed by atoms with E-state index in [1.54, 1.807) is 48.5 Å². The summed E-state index contributed by atoms with van der Waals surface area (Å²) in [5.74, 6) is -0.151. The van der Waals surface area contributed by atoms with Crippen molar-refractivity contribution in [3.8, 4) is 0 Å². The summed E-state index contributed by atoms with van der Waals surface area (Å²) in [5, 5.41) is 0. The Hall–Kier alpha value is -2.53.